The van der Waals surface area contributed by atoms with Gasteiger partial charge in [0.15, 0.2) is 0 Å². The van der Waals surface area contributed by atoms with Crippen molar-refractivity contribution < 1.29 is 0 Å². The molecule has 2 aliphatic heterocycles. The second-order valence-corrected chi connectivity index (χ2v) is 5.45. The average Bonchev–Trinajstić information content (AvgIpc) is 2.96. The minimum Gasteiger partial charge on any atom is -0.397 e. The van der Waals surface area contributed by atoms with Crippen molar-refractivity contribution in [1.29, 1.82) is 0 Å². The summed E-state index contributed by atoms with van der Waals surface area (Å²) in [4.78, 5) is 4.82. The summed E-state index contributed by atoms with van der Waals surface area (Å²) >= 11 is 0. The van der Waals surface area contributed by atoms with Crippen LogP contribution in [-0.2, 0) is 6.42 Å². The molecule has 0 unspecified atom stereocenters. The fourth-order valence-corrected chi connectivity index (χ4v) is 3.26. The third kappa shape index (κ3) is 1.65. The molecular weight excluding hydrogens is 231 g/mol. The maximum atomic E-state index is 2.43. The zero-order valence-electron chi connectivity index (χ0n) is 11.1. The van der Waals surface area contributed by atoms with Crippen molar-refractivity contribution in [3.05, 3.63) is 59.7 Å². The first-order valence-corrected chi connectivity index (χ1v) is 6.86. The van der Waals surface area contributed by atoms with E-state index in [9.17, 15) is 0 Å². The number of anilines is 2. The van der Waals surface area contributed by atoms with E-state index in [-0.39, 0.29) is 0 Å². The van der Waals surface area contributed by atoms with Crippen LogP contribution in [-0.4, -0.2) is 20.1 Å². The Bertz CT molecular complexity index is 626. The zero-order valence-corrected chi connectivity index (χ0v) is 11.1. The van der Waals surface area contributed by atoms with E-state index in [4.69, 9.17) is 0 Å². The highest BCUT2D eigenvalue weighted by Gasteiger charge is 2.38. The molecule has 0 aliphatic carbocycles. The smallest absolute Gasteiger partial charge is 0.391 e. The molecule has 0 N–H and O–H groups in total. The summed E-state index contributed by atoms with van der Waals surface area (Å²) in [6, 6.07) is 18.0. The van der Waals surface area contributed by atoms with Gasteiger partial charge >= 0.3 is 7.55 Å². The normalized spacial score (nSPS) is 20.2. The summed E-state index contributed by atoms with van der Waals surface area (Å²) < 4.78 is 0. The fourth-order valence-electron chi connectivity index (χ4n) is 3.26. The van der Waals surface area contributed by atoms with Gasteiger partial charge in [-0.3, -0.25) is 0 Å². The molecule has 2 nitrogen and oxygen atoms in total. The quantitative estimate of drug-likeness (QED) is 0.715. The van der Waals surface area contributed by atoms with Gasteiger partial charge in [-0.15, -0.1) is 0 Å². The summed E-state index contributed by atoms with van der Waals surface area (Å²) in [5.41, 5.74) is 5.53. The van der Waals surface area contributed by atoms with E-state index in [0.717, 1.165) is 13.0 Å². The zero-order chi connectivity index (χ0) is 12.8. The maximum absolute atomic E-state index is 2.43. The Morgan fingerprint density at radius 1 is 1.00 bits per heavy atom. The molecule has 0 spiro atoms. The predicted molar refractivity (Wildman–Crippen MR) is 80.7 cm³/mol. The average molecular weight is 247 g/mol. The number of hydrogen-bond donors (Lipinski definition) is 0. The minimum atomic E-state index is 0.594. The molecule has 1 radical (unpaired) electrons. The van der Waals surface area contributed by atoms with Gasteiger partial charge in [-0.05, 0) is 36.6 Å². The molecule has 2 aromatic carbocycles. The molecule has 93 valence electrons. The number of benzene rings is 2. The van der Waals surface area contributed by atoms with Gasteiger partial charge in [0.05, 0.1) is 0 Å². The fraction of sp³-hybridized carbons (Fsp3) is 0.250. The second-order valence-electron chi connectivity index (χ2n) is 5.45. The van der Waals surface area contributed by atoms with E-state index >= 15 is 0 Å². The van der Waals surface area contributed by atoms with Crippen molar-refractivity contribution in [2.75, 3.05) is 16.2 Å². The molecule has 0 amide bonds. The molecule has 1 atom stereocenters. The second kappa shape index (κ2) is 4.05. The summed E-state index contributed by atoms with van der Waals surface area (Å²) in [5, 5.41) is 0. The summed E-state index contributed by atoms with van der Waals surface area (Å²) in [6.45, 7) is 3.26. The van der Waals surface area contributed by atoms with E-state index in [0.29, 0.717) is 6.04 Å². The lowest BCUT2D eigenvalue weighted by Gasteiger charge is -2.20. The Kier molecular flexibility index (Phi) is 2.34. The lowest BCUT2D eigenvalue weighted by Crippen LogP contribution is -2.30. The van der Waals surface area contributed by atoms with Crippen LogP contribution in [0.5, 0.6) is 0 Å². The Morgan fingerprint density at radius 2 is 1.74 bits per heavy atom. The molecule has 0 saturated carbocycles. The van der Waals surface area contributed by atoms with Crippen LogP contribution in [0.1, 0.15) is 11.1 Å². The van der Waals surface area contributed by atoms with Crippen molar-refractivity contribution in [1.82, 2.24) is 0 Å². The van der Waals surface area contributed by atoms with Gasteiger partial charge in [-0.1, -0.05) is 36.4 Å². The van der Waals surface area contributed by atoms with Gasteiger partial charge in [0.1, 0.15) is 0 Å². The van der Waals surface area contributed by atoms with Gasteiger partial charge in [0.25, 0.3) is 0 Å². The Labute approximate surface area is 114 Å². The van der Waals surface area contributed by atoms with Crippen LogP contribution in [0.3, 0.4) is 0 Å². The number of fused-ring (bicyclic) bond motifs is 3. The number of nitrogens with zero attached hydrogens (tertiary/aromatic N) is 2. The van der Waals surface area contributed by atoms with Gasteiger partial charge in [0, 0.05) is 24.0 Å². The number of rotatable bonds is 1. The molecule has 19 heavy (non-hydrogen) atoms. The molecule has 4 rings (SSSR count). The summed E-state index contributed by atoms with van der Waals surface area (Å²) in [6.07, 6.45) is 1.16. The van der Waals surface area contributed by atoms with E-state index in [1.54, 1.807) is 0 Å². The van der Waals surface area contributed by atoms with Crippen molar-refractivity contribution in [3.63, 3.8) is 0 Å². The first-order chi connectivity index (χ1) is 9.33. The van der Waals surface area contributed by atoms with Crippen LogP contribution < -0.4 is 9.62 Å². The molecule has 0 bridgehead atoms. The topological polar surface area (TPSA) is 6.48 Å². The Hall–Kier alpha value is -1.90. The lowest BCUT2D eigenvalue weighted by atomic mass is 10.0. The maximum Gasteiger partial charge on any atom is 0.391 e. The monoisotopic (exact) mass is 247 g/mol. The largest absolute Gasteiger partial charge is 0.397 e. The third-order valence-corrected chi connectivity index (χ3v) is 4.21. The first kappa shape index (κ1) is 11.0. The van der Waals surface area contributed by atoms with Gasteiger partial charge in [0.2, 0.25) is 0 Å². The first-order valence-electron chi connectivity index (χ1n) is 6.86. The molecule has 3 heteroatoms. The third-order valence-electron chi connectivity index (χ3n) is 4.21. The molecule has 1 fully saturated rings. The van der Waals surface area contributed by atoms with Crippen molar-refractivity contribution in [3.8, 4) is 0 Å². The summed E-state index contributed by atoms with van der Waals surface area (Å²) in [5.74, 6) is 0. The Balaban J connectivity index is 1.65. The van der Waals surface area contributed by atoms with Crippen LogP contribution in [0.15, 0.2) is 48.5 Å². The standard InChI is InChI=1S/C16H16BN2/c1-12-6-2-4-8-15(12)18-11-14-10-13-7-3-5-9-16(13)19(14)17-18/h2-9,14H,10-11H2,1H3/t14-/m0/s1. The van der Waals surface area contributed by atoms with E-state index in [1.165, 1.54) is 22.5 Å². The molecule has 2 aromatic rings. The van der Waals surface area contributed by atoms with Crippen molar-refractivity contribution in [2.24, 2.45) is 0 Å². The van der Waals surface area contributed by atoms with Gasteiger partial charge in [-0.2, -0.15) is 0 Å². The Morgan fingerprint density at radius 3 is 2.58 bits per heavy atom. The highest BCUT2D eigenvalue weighted by Crippen LogP contribution is 2.36. The molecule has 2 aliphatic rings. The van der Waals surface area contributed by atoms with Crippen LogP contribution in [0.2, 0.25) is 0 Å². The van der Waals surface area contributed by atoms with Crippen LogP contribution in [0.4, 0.5) is 11.4 Å². The predicted octanol–water partition coefficient (Wildman–Crippen LogP) is 2.78. The van der Waals surface area contributed by atoms with E-state index in [1.807, 2.05) is 0 Å². The summed E-state index contributed by atoms with van der Waals surface area (Å²) in [7, 11) is 2.28. The lowest BCUT2D eigenvalue weighted by molar-refractivity contribution is 0.755. The molecule has 2 heterocycles. The highest BCUT2D eigenvalue weighted by atomic mass is 15.3. The van der Waals surface area contributed by atoms with Gasteiger partial charge < -0.3 is 9.62 Å². The number of para-hydroxylation sites is 2. The van der Waals surface area contributed by atoms with Gasteiger partial charge in [-0.25, -0.2) is 0 Å². The number of aryl methyl sites for hydroxylation is 1. The molecule has 1 saturated heterocycles. The SMILES string of the molecule is Cc1ccccc1N1[B]N2c3ccccc3C[C@H]2C1. The molecular formula is C16H16BN2. The molecule has 0 aromatic heterocycles. The van der Waals surface area contributed by atoms with Crippen LogP contribution >= 0.6 is 0 Å². The van der Waals surface area contributed by atoms with Crippen LogP contribution in [0, 0.1) is 6.92 Å². The minimum absolute atomic E-state index is 0.594. The van der Waals surface area contributed by atoms with Crippen LogP contribution in [0.25, 0.3) is 0 Å². The van der Waals surface area contributed by atoms with Crippen molar-refractivity contribution in [2.45, 2.75) is 19.4 Å². The van der Waals surface area contributed by atoms with Crippen molar-refractivity contribution >= 4 is 18.9 Å². The highest BCUT2D eigenvalue weighted by molar-refractivity contribution is 6.49. The van der Waals surface area contributed by atoms with E-state index < -0.39 is 0 Å². The van der Waals surface area contributed by atoms with E-state index in [2.05, 4.69) is 72.6 Å². The number of hydrogen-bond acceptors (Lipinski definition) is 2.